The molecule has 0 spiro atoms. The Hall–Kier alpha value is -1.93. The first-order valence-electron chi connectivity index (χ1n) is 8.64. The Morgan fingerprint density at radius 1 is 1.24 bits per heavy atom. The molecule has 2 aromatic rings. The third-order valence-electron chi connectivity index (χ3n) is 4.13. The number of carbonyl (C=O) groups is 1. The van der Waals surface area contributed by atoms with Crippen molar-refractivity contribution in [2.75, 3.05) is 32.1 Å². The van der Waals surface area contributed by atoms with Gasteiger partial charge in [0.15, 0.2) is 0 Å². The predicted octanol–water partition coefficient (Wildman–Crippen LogP) is 1.96. The summed E-state index contributed by atoms with van der Waals surface area (Å²) >= 11 is 1.36. The molecular weight excluding hydrogens is 338 g/mol. The van der Waals surface area contributed by atoms with E-state index in [1.165, 1.54) is 30.2 Å². The maximum absolute atomic E-state index is 12.3. The molecule has 0 atom stereocenters. The van der Waals surface area contributed by atoms with Gasteiger partial charge in [0.25, 0.3) is 0 Å². The van der Waals surface area contributed by atoms with Crippen LogP contribution >= 0.6 is 11.8 Å². The van der Waals surface area contributed by atoms with E-state index in [1.54, 1.807) is 4.68 Å². The summed E-state index contributed by atoms with van der Waals surface area (Å²) < 4.78 is 6.96. The molecule has 1 aromatic carbocycles. The zero-order valence-electron chi connectivity index (χ0n) is 14.4. The molecule has 0 aliphatic carbocycles. The van der Waals surface area contributed by atoms with Crippen LogP contribution in [0, 0.1) is 0 Å². The highest BCUT2D eigenvalue weighted by molar-refractivity contribution is 7.99. The largest absolute Gasteiger partial charge is 0.378 e. The topological polar surface area (TPSA) is 73.1 Å². The summed E-state index contributed by atoms with van der Waals surface area (Å²) in [5.41, 5.74) is 2.22. The minimum Gasteiger partial charge on any atom is -0.378 e. The zero-order valence-corrected chi connectivity index (χ0v) is 15.2. The van der Waals surface area contributed by atoms with Crippen LogP contribution in [0.1, 0.15) is 25.3 Å². The Balaban J connectivity index is 1.61. The van der Waals surface area contributed by atoms with Gasteiger partial charge in [0.2, 0.25) is 11.1 Å². The van der Waals surface area contributed by atoms with Gasteiger partial charge in [0, 0.05) is 13.1 Å². The summed E-state index contributed by atoms with van der Waals surface area (Å²) in [6, 6.07) is 8.27. The van der Waals surface area contributed by atoms with Gasteiger partial charge in [-0.2, -0.15) is 4.68 Å². The van der Waals surface area contributed by atoms with Crippen LogP contribution in [0.25, 0.3) is 5.69 Å². The van der Waals surface area contributed by atoms with Crippen molar-refractivity contribution in [1.29, 1.82) is 0 Å². The number of aromatic nitrogens is 4. The Labute approximate surface area is 151 Å². The molecule has 0 radical (unpaired) electrons. The Morgan fingerprint density at radius 3 is 2.72 bits per heavy atom. The first-order valence-corrected chi connectivity index (χ1v) is 9.62. The summed E-state index contributed by atoms with van der Waals surface area (Å²) in [7, 11) is 0. The summed E-state index contributed by atoms with van der Waals surface area (Å²) in [5.74, 6) is 0.423. The van der Waals surface area contributed by atoms with E-state index in [0.29, 0.717) is 37.2 Å². The van der Waals surface area contributed by atoms with Crippen LogP contribution in [0.3, 0.4) is 0 Å². The molecule has 134 valence electrons. The van der Waals surface area contributed by atoms with Crippen LogP contribution in [0.15, 0.2) is 29.4 Å². The molecule has 8 heteroatoms. The van der Waals surface area contributed by atoms with Gasteiger partial charge < -0.3 is 9.64 Å². The van der Waals surface area contributed by atoms with E-state index < -0.39 is 0 Å². The quantitative estimate of drug-likeness (QED) is 0.702. The van der Waals surface area contributed by atoms with E-state index in [4.69, 9.17) is 4.74 Å². The Kier molecular flexibility index (Phi) is 6.41. The zero-order chi connectivity index (χ0) is 17.5. The number of aryl methyl sites for hydroxylation is 1. The second-order valence-electron chi connectivity index (χ2n) is 5.93. The lowest BCUT2D eigenvalue weighted by atomic mass is 10.1. The van der Waals surface area contributed by atoms with Gasteiger partial charge in [0.1, 0.15) is 0 Å². The maximum atomic E-state index is 12.3. The summed E-state index contributed by atoms with van der Waals surface area (Å²) in [5, 5.41) is 12.5. The second kappa shape index (κ2) is 8.96. The molecule has 0 bridgehead atoms. The molecule has 25 heavy (non-hydrogen) atoms. The lowest BCUT2D eigenvalue weighted by molar-refractivity contribution is -0.132. The Bertz CT molecular complexity index is 683. The lowest BCUT2D eigenvalue weighted by Gasteiger charge is -2.26. The van der Waals surface area contributed by atoms with E-state index in [1.807, 2.05) is 17.0 Å². The fourth-order valence-corrected chi connectivity index (χ4v) is 3.44. The molecule has 2 heterocycles. The summed E-state index contributed by atoms with van der Waals surface area (Å²) in [6.45, 7) is 4.72. The summed E-state index contributed by atoms with van der Waals surface area (Å²) in [6.07, 6.45) is 3.46. The van der Waals surface area contributed by atoms with E-state index in [9.17, 15) is 4.79 Å². The fourth-order valence-electron chi connectivity index (χ4n) is 2.65. The molecule has 1 saturated heterocycles. The molecule has 1 aromatic heterocycles. The molecule has 3 rings (SSSR count). The molecule has 0 saturated carbocycles. The fraction of sp³-hybridized carbons (Fsp3) is 0.529. The third-order valence-corrected chi connectivity index (χ3v) is 5.03. The number of tetrazole rings is 1. The van der Waals surface area contributed by atoms with E-state index in [2.05, 4.69) is 34.6 Å². The van der Waals surface area contributed by atoms with Crippen molar-refractivity contribution in [2.45, 2.75) is 31.3 Å². The lowest BCUT2D eigenvalue weighted by Crippen LogP contribution is -2.41. The van der Waals surface area contributed by atoms with Gasteiger partial charge in [-0.15, -0.1) is 5.10 Å². The SMILES string of the molecule is CCCCc1ccc(-n2nnnc2SCC(=O)N2CCOCC2)cc1. The molecule has 1 amide bonds. The number of nitrogens with zero attached hydrogens (tertiary/aromatic N) is 5. The van der Waals surface area contributed by atoms with Crippen molar-refractivity contribution in [3.8, 4) is 5.69 Å². The highest BCUT2D eigenvalue weighted by Crippen LogP contribution is 2.19. The van der Waals surface area contributed by atoms with E-state index in [0.717, 1.165) is 12.1 Å². The number of rotatable bonds is 7. The van der Waals surface area contributed by atoms with Gasteiger partial charge in [-0.1, -0.05) is 37.2 Å². The molecule has 7 nitrogen and oxygen atoms in total. The van der Waals surface area contributed by atoms with Crippen LogP contribution in [0.2, 0.25) is 0 Å². The highest BCUT2D eigenvalue weighted by atomic mass is 32.2. The number of unbranched alkanes of at least 4 members (excludes halogenated alkanes) is 1. The van der Waals surface area contributed by atoms with Gasteiger partial charge >= 0.3 is 0 Å². The third kappa shape index (κ3) is 4.79. The van der Waals surface area contributed by atoms with E-state index >= 15 is 0 Å². The smallest absolute Gasteiger partial charge is 0.233 e. The minimum atomic E-state index is 0.0952. The highest BCUT2D eigenvalue weighted by Gasteiger charge is 2.18. The molecule has 1 aliphatic rings. The number of amides is 1. The molecule has 0 unspecified atom stereocenters. The van der Waals surface area contributed by atoms with E-state index in [-0.39, 0.29) is 5.91 Å². The van der Waals surface area contributed by atoms with Gasteiger partial charge in [-0.05, 0) is 41.0 Å². The van der Waals surface area contributed by atoms with Crippen LogP contribution in [-0.4, -0.2) is 63.1 Å². The number of morpholine rings is 1. The molecule has 1 aliphatic heterocycles. The molecule has 0 N–H and O–H groups in total. The van der Waals surface area contributed by atoms with Crippen molar-refractivity contribution in [2.24, 2.45) is 0 Å². The molecular formula is C17H23N5O2S. The summed E-state index contributed by atoms with van der Waals surface area (Å²) in [4.78, 5) is 14.1. The Morgan fingerprint density at radius 2 is 2.00 bits per heavy atom. The second-order valence-corrected chi connectivity index (χ2v) is 6.87. The van der Waals surface area contributed by atoms with Gasteiger partial charge in [0.05, 0.1) is 24.7 Å². The number of ether oxygens (including phenoxy) is 1. The molecule has 1 fully saturated rings. The maximum Gasteiger partial charge on any atom is 0.233 e. The first-order chi connectivity index (χ1) is 12.3. The number of carbonyl (C=O) groups excluding carboxylic acids is 1. The van der Waals surface area contributed by atoms with Gasteiger partial charge in [-0.3, -0.25) is 4.79 Å². The normalized spacial score (nSPS) is 14.7. The number of benzene rings is 1. The van der Waals surface area contributed by atoms with Crippen LogP contribution in [0.5, 0.6) is 0 Å². The average molecular weight is 361 g/mol. The van der Waals surface area contributed by atoms with Crippen molar-refractivity contribution in [3.05, 3.63) is 29.8 Å². The van der Waals surface area contributed by atoms with Crippen LogP contribution in [-0.2, 0) is 16.0 Å². The van der Waals surface area contributed by atoms with Crippen molar-refractivity contribution in [1.82, 2.24) is 25.1 Å². The van der Waals surface area contributed by atoms with Crippen molar-refractivity contribution in [3.63, 3.8) is 0 Å². The average Bonchev–Trinajstić information content (AvgIpc) is 3.14. The monoisotopic (exact) mass is 361 g/mol. The first kappa shape index (κ1) is 17.9. The standard InChI is InChI=1S/C17H23N5O2S/c1-2-3-4-14-5-7-15(8-6-14)22-17(18-19-20-22)25-13-16(23)21-9-11-24-12-10-21/h5-8H,2-4,9-13H2,1H3. The van der Waals surface area contributed by atoms with Gasteiger partial charge in [-0.25, -0.2) is 0 Å². The number of hydrogen-bond acceptors (Lipinski definition) is 6. The predicted molar refractivity (Wildman–Crippen MR) is 95.9 cm³/mol. The van der Waals surface area contributed by atoms with Crippen LogP contribution in [0.4, 0.5) is 0 Å². The number of hydrogen-bond donors (Lipinski definition) is 0. The van der Waals surface area contributed by atoms with Crippen molar-refractivity contribution >= 4 is 17.7 Å². The number of thioether (sulfide) groups is 1. The van der Waals surface area contributed by atoms with Crippen LogP contribution < -0.4 is 0 Å². The van der Waals surface area contributed by atoms with Crippen molar-refractivity contribution < 1.29 is 9.53 Å². The minimum absolute atomic E-state index is 0.0952.